The Bertz CT molecular complexity index is 687. The van der Waals surface area contributed by atoms with E-state index in [9.17, 15) is 0 Å². The van der Waals surface area contributed by atoms with Gasteiger partial charge in [0.2, 0.25) is 0 Å². The van der Waals surface area contributed by atoms with Gasteiger partial charge >= 0.3 is 154 Å². The molecule has 1 heterocycles. The van der Waals surface area contributed by atoms with Crippen molar-refractivity contribution in [2.75, 3.05) is 0 Å². The first kappa shape index (κ1) is 16.7. The Labute approximate surface area is 153 Å². The first-order valence-corrected chi connectivity index (χ1v) is 13.8. The van der Waals surface area contributed by atoms with Crippen LogP contribution in [0.15, 0.2) is 64.2 Å². The first-order chi connectivity index (χ1) is 11.7. The molecule has 3 aliphatic rings. The van der Waals surface area contributed by atoms with E-state index in [1.807, 2.05) is 0 Å². The normalized spacial score (nSPS) is 30.6. The summed E-state index contributed by atoms with van der Waals surface area (Å²) in [5, 5.41) is 0. The number of hydrogen-bond donors (Lipinski definition) is 0. The van der Waals surface area contributed by atoms with E-state index >= 15 is 0 Å². The monoisotopic (exact) mass is 375 g/mol. The first-order valence-electron chi connectivity index (χ1n) is 9.28. The summed E-state index contributed by atoms with van der Waals surface area (Å²) in [5.41, 5.74) is 2.88. The molecule has 126 valence electrons. The predicted molar refractivity (Wildman–Crippen MR) is 99.3 cm³/mol. The van der Waals surface area contributed by atoms with Crippen molar-refractivity contribution in [2.45, 2.75) is 55.7 Å². The molecule has 0 radical (unpaired) electrons. The van der Waals surface area contributed by atoms with Gasteiger partial charge in [0.25, 0.3) is 0 Å². The molecule has 1 saturated carbocycles. The van der Waals surface area contributed by atoms with Gasteiger partial charge < -0.3 is 0 Å². The van der Waals surface area contributed by atoms with Crippen LogP contribution in [0.4, 0.5) is 0 Å². The molecule has 0 bridgehead atoms. The fourth-order valence-electron chi connectivity index (χ4n) is 4.76. The van der Waals surface area contributed by atoms with Gasteiger partial charge in [0.15, 0.2) is 0 Å². The SMILES string of the molecule is CC1=C[N](C2CCCCC2)[Ti]([Cl])([C]2=CC=CC2)[CH]1c1ccccc1. The molecule has 1 nitrogen and oxygen atoms in total. The van der Waals surface area contributed by atoms with Crippen LogP contribution in [-0.4, -0.2) is 9.42 Å². The maximum atomic E-state index is 7.72. The summed E-state index contributed by atoms with van der Waals surface area (Å²) in [4.78, 5) is 0. The molecule has 0 aromatic heterocycles. The summed E-state index contributed by atoms with van der Waals surface area (Å²) >= 11 is -2.94. The van der Waals surface area contributed by atoms with E-state index in [1.54, 1.807) is 0 Å². The summed E-state index contributed by atoms with van der Waals surface area (Å²) < 4.78 is 4.65. The molecule has 1 aliphatic heterocycles. The zero-order valence-electron chi connectivity index (χ0n) is 14.4. The van der Waals surface area contributed by atoms with Crippen LogP contribution in [0.1, 0.15) is 55.2 Å². The van der Waals surface area contributed by atoms with Crippen LogP contribution < -0.4 is 0 Å². The van der Waals surface area contributed by atoms with Crippen LogP contribution >= 0.6 is 9.30 Å². The minimum absolute atomic E-state index is 0.418. The van der Waals surface area contributed by atoms with Crippen LogP contribution in [0, 0.1) is 0 Å². The van der Waals surface area contributed by atoms with E-state index in [4.69, 9.17) is 9.30 Å². The second-order valence-corrected chi connectivity index (χ2v) is 14.6. The van der Waals surface area contributed by atoms with E-state index in [0.717, 1.165) is 6.42 Å². The zero-order valence-corrected chi connectivity index (χ0v) is 16.7. The molecule has 0 N–H and O–H groups in total. The second kappa shape index (κ2) is 6.86. The fraction of sp³-hybridized carbons (Fsp3) is 0.429. The molecule has 1 fully saturated rings. The Morgan fingerprint density at radius 1 is 1.08 bits per heavy atom. The molecule has 1 aromatic carbocycles. The molecule has 4 rings (SSSR count). The van der Waals surface area contributed by atoms with Gasteiger partial charge in [0.1, 0.15) is 0 Å². The molecule has 3 heteroatoms. The minimum atomic E-state index is -2.94. The van der Waals surface area contributed by atoms with Gasteiger partial charge in [-0.25, -0.2) is 0 Å². The number of halogens is 1. The van der Waals surface area contributed by atoms with Crippen molar-refractivity contribution in [3.05, 3.63) is 69.8 Å². The third kappa shape index (κ3) is 2.75. The predicted octanol–water partition coefficient (Wildman–Crippen LogP) is 6.35. The summed E-state index contributed by atoms with van der Waals surface area (Å²) in [6, 6.07) is 11.6. The van der Waals surface area contributed by atoms with Crippen molar-refractivity contribution in [3.8, 4) is 0 Å². The van der Waals surface area contributed by atoms with Crippen molar-refractivity contribution in [3.63, 3.8) is 0 Å². The van der Waals surface area contributed by atoms with Crippen LogP contribution in [-0.2, 0) is 15.8 Å². The maximum absolute atomic E-state index is 7.72. The topological polar surface area (TPSA) is 3.24 Å². The van der Waals surface area contributed by atoms with Gasteiger partial charge in [-0.05, 0) is 0 Å². The van der Waals surface area contributed by atoms with Gasteiger partial charge in [0, 0.05) is 0 Å². The molecular formula is C21H26ClNTi. The van der Waals surface area contributed by atoms with E-state index in [2.05, 4.69) is 65.1 Å². The van der Waals surface area contributed by atoms with Gasteiger partial charge in [0.05, 0.1) is 0 Å². The number of allylic oxidation sites excluding steroid dienone is 5. The molecular weight excluding hydrogens is 350 g/mol. The van der Waals surface area contributed by atoms with Crippen molar-refractivity contribution in [1.29, 1.82) is 0 Å². The zero-order chi connectivity index (χ0) is 16.6. The standard InChI is InChI=1S/C16H21N.C5H5.ClH.Ti/c1-14(12-15-8-4-2-5-9-15)13-17-16-10-6-3-7-11-16;1-2-4-5-3-1;;/h2,4-5,8-9,12-13,16H,3,6-7,10-11H2,1H3;1-3H,4H2;1H;/q-1;;;+2/p-1. The van der Waals surface area contributed by atoms with Crippen molar-refractivity contribution in [2.24, 2.45) is 0 Å². The molecule has 2 unspecified atom stereocenters. The third-order valence-corrected chi connectivity index (χ3v) is 14.9. The number of benzene rings is 1. The van der Waals surface area contributed by atoms with Crippen LogP contribution in [0.2, 0.25) is 0 Å². The van der Waals surface area contributed by atoms with Crippen molar-refractivity contribution in [1.82, 2.24) is 3.38 Å². The average Bonchev–Trinajstić information content (AvgIpc) is 3.24. The second-order valence-electron chi connectivity index (χ2n) is 7.41. The summed E-state index contributed by atoms with van der Waals surface area (Å²) in [7, 11) is 7.72. The molecule has 2 atom stereocenters. The van der Waals surface area contributed by atoms with Crippen LogP contribution in [0.3, 0.4) is 0 Å². The van der Waals surface area contributed by atoms with Crippen molar-refractivity contribution < 1.29 is 15.8 Å². The summed E-state index contributed by atoms with van der Waals surface area (Å²) in [6.45, 7) is 2.30. The number of hydrogen-bond acceptors (Lipinski definition) is 1. The Morgan fingerprint density at radius 2 is 1.83 bits per heavy atom. The Kier molecular flexibility index (Phi) is 4.78. The fourth-order valence-corrected chi connectivity index (χ4v) is 13.9. The third-order valence-electron chi connectivity index (χ3n) is 5.88. The Balaban J connectivity index is 1.77. The van der Waals surface area contributed by atoms with E-state index < -0.39 is 15.8 Å². The van der Waals surface area contributed by atoms with E-state index in [1.165, 1.54) is 47.1 Å². The number of nitrogens with zero attached hydrogens (tertiary/aromatic N) is 1. The molecule has 0 amide bonds. The quantitative estimate of drug-likeness (QED) is 0.557. The summed E-state index contributed by atoms with van der Waals surface area (Å²) in [6.07, 6.45) is 17.0. The molecule has 2 aliphatic carbocycles. The van der Waals surface area contributed by atoms with Crippen molar-refractivity contribution >= 4 is 9.30 Å². The van der Waals surface area contributed by atoms with E-state index in [0.29, 0.717) is 10.3 Å². The molecule has 0 spiro atoms. The molecule has 1 aromatic rings. The molecule has 24 heavy (non-hydrogen) atoms. The van der Waals surface area contributed by atoms with Gasteiger partial charge in [-0.1, -0.05) is 0 Å². The van der Waals surface area contributed by atoms with E-state index in [-0.39, 0.29) is 0 Å². The molecule has 0 saturated heterocycles. The van der Waals surface area contributed by atoms with Gasteiger partial charge in [-0.3, -0.25) is 0 Å². The van der Waals surface area contributed by atoms with Crippen LogP contribution in [0.5, 0.6) is 0 Å². The van der Waals surface area contributed by atoms with Crippen LogP contribution in [0.25, 0.3) is 0 Å². The number of rotatable bonds is 3. The average molecular weight is 376 g/mol. The summed E-state index contributed by atoms with van der Waals surface area (Å²) in [5.74, 6) is 0. The Hall–Kier alpha value is -0.756. The van der Waals surface area contributed by atoms with Gasteiger partial charge in [-0.2, -0.15) is 0 Å². The van der Waals surface area contributed by atoms with Gasteiger partial charge in [-0.15, -0.1) is 0 Å². The Morgan fingerprint density at radius 3 is 2.50 bits per heavy atom.